The van der Waals surface area contributed by atoms with Gasteiger partial charge in [0.05, 0.1) is 0 Å². The summed E-state index contributed by atoms with van der Waals surface area (Å²) < 4.78 is 26.3. The number of fused-ring (bicyclic) bond motifs is 1. The second kappa shape index (κ2) is 13.2. The van der Waals surface area contributed by atoms with Crippen LogP contribution in [-0.4, -0.2) is 74.5 Å². The molecule has 2 aliphatic heterocycles. The molecule has 6 rings (SSSR count). The van der Waals surface area contributed by atoms with Crippen LogP contribution in [0.4, 0.5) is 5.95 Å². The average Bonchev–Trinajstić information content (AvgIpc) is 3.67. The fraction of sp³-hybridized carbons (Fsp3) is 0.636. The summed E-state index contributed by atoms with van der Waals surface area (Å²) in [5, 5.41) is 2.55. The van der Waals surface area contributed by atoms with Crippen LogP contribution in [0.15, 0.2) is 41.5 Å². The first-order valence-corrected chi connectivity index (χ1v) is 23.6. The van der Waals surface area contributed by atoms with Gasteiger partial charge in [-0.2, -0.15) is 0 Å². The van der Waals surface area contributed by atoms with Crippen LogP contribution in [-0.2, 0) is 17.8 Å². The number of aromatic amines is 1. The number of thioether (sulfide) groups is 1. The van der Waals surface area contributed by atoms with Crippen molar-refractivity contribution in [1.29, 1.82) is 0 Å². The molecule has 1 aliphatic carbocycles. The van der Waals surface area contributed by atoms with Crippen molar-refractivity contribution in [1.82, 2.24) is 19.5 Å². The molecule has 1 amide bonds. The molecule has 1 aromatic carbocycles. The van der Waals surface area contributed by atoms with Crippen LogP contribution in [0.1, 0.15) is 86.9 Å². The van der Waals surface area contributed by atoms with E-state index in [0.29, 0.717) is 5.65 Å². The molecule has 2 N–H and O–H groups in total. The van der Waals surface area contributed by atoms with Gasteiger partial charge in [-0.15, -0.1) is 0 Å². The first-order valence-electron chi connectivity index (χ1n) is 16.9. The molecule has 3 aliphatic rings. The van der Waals surface area contributed by atoms with E-state index in [-0.39, 0.29) is 87.2 Å². The Hall–Kier alpha value is -1.78. The first kappa shape index (κ1) is 35.1. The molecule has 3 fully saturated rings. The summed E-state index contributed by atoms with van der Waals surface area (Å²) in [6.45, 7) is 19.7. The van der Waals surface area contributed by atoms with Crippen LogP contribution in [0.5, 0.6) is 0 Å². The van der Waals surface area contributed by atoms with Gasteiger partial charge in [0.15, 0.2) is 0 Å². The molecule has 0 bridgehead atoms. The Balaban J connectivity index is 1.58. The zero-order valence-corrected chi connectivity index (χ0v) is 33.4. The predicted molar refractivity (Wildman–Crippen MR) is 194 cm³/mol. The SMILES string of the molecule is CC(=O)Nc1nc2c(ncn2[C@@H]2S[C@@]34CCC[C@@H]3O[Si](C(C)C)(C(C)C)O[Si](C(C)C)(C(C)C)O[C@H]4[C@H]2[Se]c2ccccc2)c(=O)[nH]1. The van der Waals surface area contributed by atoms with Crippen LogP contribution in [0, 0.1) is 0 Å². The van der Waals surface area contributed by atoms with E-state index >= 15 is 0 Å². The van der Waals surface area contributed by atoms with Crippen LogP contribution < -0.4 is 15.3 Å². The zero-order valence-electron chi connectivity index (χ0n) is 28.9. The van der Waals surface area contributed by atoms with Gasteiger partial charge in [-0.25, -0.2) is 0 Å². The Labute approximate surface area is 290 Å². The van der Waals surface area contributed by atoms with E-state index in [2.05, 4.69) is 106 Å². The van der Waals surface area contributed by atoms with Gasteiger partial charge < -0.3 is 0 Å². The Kier molecular flexibility index (Phi) is 9.82. The fourth-order valence-electron chi connectivity index (χ4n) is 7.94. The predicted octanol–water partition coefficient (Wildman–Crippen LogP) is 6.39. The van der Waals surface area contributed by atoms with Crippen LogP contribution in [0.3, 0.4) is 0 Å². The summed E-state index contributed by atoms with van der Waals surface area (Å²) in [4.78, 5) is 37.2. The molecule has 256 valence electrons. The molecule has 0 unspecified atom stereocenters. The Morgan fingerprint density at radius 1 is 1.04 bits per heavy atom. The number of benzene rings is 1. The van der Waals surface area contributed by atoms with Crippen molar-refractivity contribution in [3.05, 3.63) is 47.0 Å². The molecule has 0 radical (unpaired) electrons. The first-order chi connectivity index (χ1) is 22.2. The number of carbonyl (C=O) groups is 1. The Bertz CT molecular complexity index is 1650. The number of H-pyrrole nitrogens is 1. The van der Waals surface area contributed by atoms with E-state index in [1.165, 1.54) is 11.4 Å². The van der Waals surface area contributed by atoms with E-state index in [9.17, 15) is 9.59 Å². The summed E-state index contributed by atoms with van der Waals surface area (Å²) >= 11 is 1.94. The molecular weight excluding hydrogens is 714 g/mol. The third kappa shape index (κ3) is 5.94. The van der Waals surface area contributed by atoms with E-state index < -0.39 is 17.1 Å². The second-order valence-corrected chi connectivity index (χ2v) is 27.4. The molecular formula is C33H49N5O5SSeSi2. The van der Waals surface area contributed by atoms with E-state index in [0.717, 1.165) is 19.3 Å². The van der Waals surface area contributed by atoms with Crippen molar-refractivity contribution in [3.8, 4) is 0 Å². The zero-order chi connectivity index (χ0) is 33.9. The number of amides is 1. The minimum atomic E-state index is -2.90. The number of anilines is 1. The van der Waals surface area contributed by atoms with E-state index in [1.807, 2.05) is 11.8 Å². The average molecular weight is 763 g/mol. The molecule has 2 saturated heterocycles. The molecule has 1 spiro atoms. The Morgan fingerprint density at radius 3 is 2.30 bits per heavy atom. The summed E-state index contributed by atoms with van der Waals surface area (Å²) in [6, 6.07) is 10.7. The van der Waals surface area contributed by atoms with Crippen molar-refractivity contribution in [3.63, 3.8) is 0 Å². The van der Waals surface area contributed by atoms with Crippen molar-refractivity contribution >= 4 is 71.3 Å². The van der Waals surface area contributed by atoms with Crippen molar-refractivity contribution in [2.45, 2.75) is 131 Å². The van der Waals surface area contributed by atoms with E-state index in [4.69, 9.17) is 18.0 Å². The topological polar surface area (TPSA) is 120 Å². The van der Waals surface area contributed by atoms with Crippen molar-refractivity contribution in [2.24, 2.45) is 0 Å². The van der Waals surface area contributed by atoms with Gasteiger partial charge in [0.1, 0.15) is 0 Å². The maximum atomic E-state index is 13.2. The van der Waals surface area contributed by atoms with Gasteiger partial charge in [-0.05, 0) is 0 Å². The van der Waals surface area contributed by atoms with Crippen LogP contribution >= 0.6 is 11.8 Å². The summed E-state index contributed by atoms with van der Waals surface area (Å²) in [5.74, 6) is -0.182. The number of aromatic nitrogens is 4. The monoisotopic (exact) mass is 763 g/mol. The molecule has 10 nitrogen and oxygen atoms in total. The summed E-state index contributed by atoms with van der Waals surface area (Å²) in [5.41, 5.74) is 1.30. The minimum absolute atomic E-state index is 0.00357. The summed E-state index contributed by atoms with van der Waals surface area (Å²) in [7, 11) is -5.68. The standard InChI is InChI=1S/C33H49N5O5SSeSi2/c1-19(2)46(20(3)4)41-25-16-13-17-33(25)28(42-47(43-46,21(5)6)22(7)8)27(45-24-14-11-10-12-15-24)31(44-33)38-18-34-26-29(38)36-32(35-23(9)39)37-30(26)40/h10-12,14-15,18-22,25,27-28,31H,13,16-17H2,1-9H3,(H2,35,36,37,39,40)/t25-,27+,28-,31+,33-/m0/s1. The van der Waals surface area contributed by atoms with Gasteiger partial charge in [0.2, 0.25) is 0 Å². The number of nitrogens with one attached hydrogen (secondary N) is 2. The van der Waals surface area contributed by atoms with Gasteiger partial charge in [-0.1, -0.05) is 0 Å². The number of rotatable bonds is 8. The molecule has 14 heteroatoms. The van der Waals surface area contributed by atoms with Gasteiger partial charge in [-0.3, -0.25) is 0 Å². The summed E-state index contributed by atoms with van der Waals surface area (Å²) in [6.07, 6.45) is 4.63. The number of imidazole rings is 1. The number of carbonyl (C=O) groups excluding carboxylic acids is 1. The van der Waals surface area contributed by atoms with Gasteiger partial charge >= 0.3 is 292 Å². The van der Waals surface area contributed by atoms with Gasteiger partial charge in [0.25, 0.3) is 0 Å². The molecule has 3 aromatic rings. The quantitative estimate of drug-likeness (QED) is 0.254. The second-order valence-electron chi connectivity index (χ2n) is 14.5. The van der Waals surface area contributed by atoms with Gasteiger partial charge in [0, 0.05) is 0 Å². The Morgan fingerprint density at radius 2 is 1.68 bits per heavy atom. The van der Waals surface area contributed by atoms with E-state index in [1.54, 1.807) is 6.33 Å². The van der Waals surface area contributed by atoms with Crippen molar-refractivity contribution < 1.29 is 17.8 Å². The molecule has 2 aromatic heterocycles. The third-order valence-electron chi connectivity index (χ3n) is 10.2. The van der Waals surface area contributed by atoms with Crippen LogP contribution in [0.25, 0.3) is 11.2 Å². The molecule has 1 saturated carbocycles. The molecule has 4 heterocycles. The number of hydrogen-bond donors (Lipinski definition) is 2. The molecule has 5 atom stereocenters. The number of hydrogen-bond acceptors (Lipinski definition) is 8. The van der Waals surface area contributed by atoms with Crippen molar-refractivity contribution in [2.75, 3.05) is 5.32 Å². The maximum absolute atomic E-state index is 13.2. The fourth-order valence-corrected chi connectivity index (χ4v) is 25.2. The number of nitrogens with zero attached hydrogens (tertiary/aromatic N) is 3. The van der Waals surface area contributed by atoms with Crippen LogP contribution in [0.2, 0.25) is 27.0 Å². The molecule has 47 heavy (non-hydrogen) atoms. The normalized spacial score (nSPS) is 28.5. The third-order valence-corrected chi connectivity index (χ3v) is 25.5.